The smallest absolute Gasteiger partial charge is 0.250 e. The van der Waals surface area contributed by atoms with Crippen LogP contribution in [0.1, 0.15) is 5.69 Å². The van der Waals surface area contributed by atoms with Crippen LogP contribution in [-0.2, 0) is 16.4 Å². The van der Waals surface area contributed by atoms with E-state index in [4.69, 9.17) is 0 Å². The minimum Gasteiger partial charge on any atom is -0.356 e. The summed E-state index contributed by atoms with van der Waals surface area (Å²) < 4.78 is 26.8. The summed E-state index contributed by atoms with van der Waals surface area (Å²) in [5.74, 6) is 0.626. The molecule has 7 nitrogen and oxygen atoms in total. The molecular formula is C15H22IN5O2S2. The molecule has 0 spiro atoms. The molecule has 0 aromatic carbocycles. The molecule has 0 aliphatic carbocycles. The summed E-state index contributed by atoms with van der Waals surface area (Å²) in [6, 6.07) is 9.10. The summed E-state index contributed by atoms with van der Waals surface area (Å²) in [7, 11) is -1.74. The maximum Gasteiger partial charge on any atom is 0.250 e. The first-order chi connectivity index (χ1) is 11.6. The van der Waals surface area contributed by atoms with Crippen molar-refractivity contribution in [3.05, 3.63) is 47.6 Å². The van der Waals surface area contributed by atoms with Gasteiger partial charge in [-0.3, -0.25) is 9.98 Å². The van der Waals surface area contributed by atoms with Gasteiger partial charge in [0.1, 0.15) is 4.21 Å². The number of pyridine rings is 1. The highest BCUT2D eigenvalue weighted by molar-refractivity contribution is 14.0. The average Bonchev–Trinajstić information content (AvgIpc) is 3.13. The second-order valence-electron chi connectivity index (χ2n) is 4.83. The quantitative estimate of drug-likeness (QED) is 0.223. The van der Waals surface area contributed by atoms with Gasteiger partial charge in [-0.2, -0.15) is 0 Å². The van der Waals surface area contributed by atoms with Crippen LogP contribution in [0.25, 0.3) is 0 Å². The number of halogens is 1. The highest BCUT2D eigenvalue weighted by Gasteiger charge is 2.13. The number of nitrogens with zero attached hydrogens (tertiary/aromatic N) is 2. The van der Waals surface area contributed by atoms with Crippen LogP contribution < -0.4 is 15.4 Å². The number of rotatable bonds is 8. The van der Waals surface area contributed by atoms with E-state index in [0.29, 0.717) is 23.3 Å². The normalized spacial score (nSPS) is 11.6. The van der Waals surface area contributed by atoms with Crippen molar-refractivity contribution in [1.82, 2.24) is 20.3 Å². The molecule has 0 aliphatic rings. The number of aromatic nitrogens is 1. The number of nitrogens with one attached hydrogen (secondary N) is 3. The third-order valence-corrected chi connectivity index (χ3v) is 5.95. The van der Waals surface area contributed by atoms with Crippen LogP contribution in [0.2, 0.25) is 0 Å². The monoisotopic (exact) mass is 495 g/mol. The van der Waals surface area contributed by atoms with Crippen molar-refractivity contribution in [3.8, 4) is 0 Å². The predicted molar refractivity (Wildman–Crippen MR) is 112 cm³/mol. The molecule has 138 valence electrons. The van der Waals surface area contributed by atoms with E-state index in [1.807, 2.05) is 18.2 Å². The van der Waals surface area contributed by atoms with Crippen molar-refractivity contribution < 1.29 is 8.42 Å². The van der Waals surface area contributed by atoms with E-state index in [9.17, 15) is 8.42 Å². The highest BCUT2D eigenvalue weighted by atomic mass is 127. The van der Waals surface area contributed by atoms with Gasteiger partial charge in [0, 0.05) is 45.0 Å². The number of aliphatic imine (C=N–C) groups is 1. The van der Waals surface area contributed by atoms with Crippen LogP contribution in [0.3, 0.4) is 0 Å². The zero-order valence-corrected chi connectivity index (χ0v) is 17.8. The molecule has 0 aliphatic heterocycles. The third-order valence-electron chi connectivity index (χ3n) is 3.09. The molecule has 0 saturated carbocycles. The van der Waals surface area contributed by atoms with Crippen LogP contribution in [0.4, 0.5) is 0 Å². The first kappa shape index (κ1) is 21.8. The molecule has 2 aromatic rings. The first-order valence-corrected chi connectivity index (χ1v) is 9.86. The molecule has 2 heterocycles. The van der Waals surface area contributed by atoms with Gasteiger partial charge in [0.25, 0.3) is 0 Å². The van der Waals surface area contributed by atoms with E-state index in [0.717, 1.165) is 12.1 Å². The topological polar surface area (TPSA) is 95.5 Å². The highest BCUT2D eigenvalue weighted by Crippen LogP contribution is 2.14. The number of guanidine groups is 1. The summed E-state index contributed by atoms with van der Waals surface area (Å²) in [5, 5.41) is 7.97. The van der Waals surface area contributed by atoms with Gasteiger partial charge < -0.3 is 10.6 Å². The Morgan fingerprint density at radius 3 is 2.60 bits per heavy atom. The Balaban J connectivity index is 0.00000312. The van der Waals surface area contributed by atoms with E-state index >= 15 is 0 Å². The fraction of sp³-hybridized carbons (Fsp3) is 0.333. The molecule has 0 bridgehead atoms. The molecule has 0 radical (unpaired) electrons. The maximum absolute atomic E-state index is 12.0. The lowest BCUT2D eigenvalue weighted by Crippen LogP contribution is -2.42. The SMILES string of the molecule is CN=C(NCCNS(=O)(=O)c1cccs1)NCCc1ccccn1.I. The Kier molecular flexibility index (Phi) is 9.93. The van der Waals surface area contributed by atoms with Crippen molar-refractivity contribution in [2.45, 2.75) is 10.6 Å². The predicted octanol–water partition coefficient (Wildman–Crippen LogP) is 1.45. The standard InChI is InChI=1S/C15H21N5O2S2.HI/c1-16-15(18-9-7-13-5-2-3-8-17-13)19-10-11-20-24(21,22)14-6-4-12-23-14;/h2-6,8,12,20H,7,9-11H2,1H3,(H2,16,18,19);1H. The van der Waals surface area contributed by atoms with Gasteiger partial charge in [-0.15, -0.1) is 35.3 Å². The fourth-order valence-electron chi connectivity index (χ4n) is 1.93. The largest absolute Gasteiger partial charge is 0.356 e. The van der Waals surface area contributed by atoms with Gasteiger partial charge in [-0.1, -0.05) is 12.1 Å². The lowest BCUT2D eigenvalue weighted by atomic mass is 10.3. The minimum atomic E-state index is -3.41. The molecule has 3 N–H and O–H groups in total. The Morgan fingerprint density at radius 1 is 1.16 bits per heavy atom. The molecule has 10 heteroatoms. The van der Waals surface area contributed by atoms with Crippen LogP contribution in [-0.4, -0.2) is 46.0 Å². The molecule has 25 heavy (non-hydrogen) atoms. The summed E-state index contributed by atoms with van der Waals surface area (Å²) in [6.45, 7) is 1.41. The van der Waals surface area contributed by atoms with Crippen molar-refractivity contribution in [1.29, 1.82) is 0 Å². The second-order valence-corrected chi connectivity index (χ2v) is 7.77. The van der Waals surface area contributed by atoms with Crippen molar-refractivity contribution in [2.75, 3.05) is 26.7 Å². The summed E-state index contributed by atoms with van der Waals surface area (Å²) >= 11 is 1.19. The molecule has 0 amide bonds. The van der Waals surface area contributed by atoms with Crippen molar-refractivity contribution >= 4 is 51.3 Å². The zero-order valence-electron chi connectivity index (χ0n) is 13.8. The van der Waals surface area contributed by atoms with Gasteiger partial charge >= 0.3 is 0 Å². The molecule has 0 saturated heterocycles. The van der Waals surface area contributed by atoms with Crippen LogP contribution in [0.5, 0.6) is 0 Å². The average molecular weight is 495 g/mol. The maximum atomic E-state index is 12.0. The van der Waals surface area contributed by atoms with Gasteiger partial charge in [-0.25, -0.2) is 13.1 Å². The van der Waals surface area contributed by atoms with Crippen LogP contribution in [0, 0.1) is 0 Å². The second kappa shape index (κ2) is 11.4. The summed E-state index contributed by atoms with van der Waals surface area (Å²) in [5.41, 5.74) is 1.00. The van der Waals surface area contributed by atoms with E-state index in [2.05, 4.69) is 25.3 Å². The molecular weight excluding hydrogens is 473 g/mol. The number of hydrogen-bond acceptors (Lipinski definition) is 5. The first-order valence-electron chi connectivity index (χ1n) is 7.49. The Morgan fingerprint density at radius 2 is 1.96 bits per heavy atom. The molecule has 0 unspecified atom stereocenters. The molecule has 0 atom stereocenters. The van der Waals surface area contributed by atoms with Gasteiger partial charge in [-0.05, 0) is 23.6 Å². The summed E-state index contributed by atoms with van der Waals surface area (Å²) in [6.07, 6.45) is 2.55. The van der Waals surface area contributed by atoms with Gasteiger partial charge in [0.15, 0.2) is 5.96 Å². The van der Waals surface area contributed by atoms with E-state index < -0.39 is 10.0 Å². The van der Waals surface area contributed by atoms with Gasteiger partial charge in [0.05, 0.1) is 0 Å². The lowest BCUT2D eigenvalue weighted by Gasteiger charge is -2.12. The fourth-order valence-corrected chi connectivity index (χ4v) is 4.00. The van der Waals surface area contributed by atoms with Crippen molar-refractivity contribution in [3.63, 3.8) is 0 Å². The van der Waals surface area contributed by atoms with Gasteiger partial charge in [0.2, 0.25) is 10.0 Å². The van der Waals surface area contributed by atoms with Crippen LogP contribution >= 0.6 is 35.3 Å². The Labute approximate surface area is 169 Å². The molecule has 0 fully saturated rings. The Hall–Kier alpha value is -1.24. The molecule has 2 aromatic heterocycles. The third kappa shape index (κ3) is 7.67. The van der Waals surface area contributed by atoms with Crippen molar-refractivity contribution in [2.24, 2.45) is 4.99 Å². The number of thiophene rings is 1. The Bertz CT molecular complexity index is 737. The lowest BCUT2D eigenvalue weighted by molar-refractivity contribution is 0.582. The molecule has 2 rings (SSSR count). The number of hydrogen-bond donors (Lipinski definition) is 3. The van der Waals surface area contributed by atoms with E-state index in [-0.39, 0.29) is 30.5 Å². The van der Waals surface area contributed by atoms with E-state index in [1.54, 1.807) is 30.8 Å². The van der Waals surface area contributed by atoms with E-state index in [1.165, 1.54) is 11.3 Å². The number of sulfonamides is 1. The summed E-state index contributed by atoms with van der Waals surface area (Å²) in [4.78, 5) is 8.35. The minimum absolute atomic E-state index is 0. The zero-order chi connectivity index (χ0) is 17.3. The van der Waals surface area contributed by atoms with Crippen LogP contribution in [0.15, 0.2) is 51.1 Å².